The number of rotatable bonds is 4. The Hall–Kier alpha value is -0.0800. The second kappa shape index (κ2) is 6.13. The van der Waals surface area contributed by atoms with Crippen molar-refractivity contribution in [3.8, 4) is 0 Å². The molecule has 1 fully saturated rings. The summed E-state index contributed by atoms with van der Waals surface area (Å²) < 4.78 is 27.3. The molecule has 1 aromatic heterocycles. The van der Waals surface area contributed by atoms with E-state index >= 15 is 0 Å². The van der Waals surface area contributed by atoms with Gasteiger partial charge in [0.15, 0.2) is 0 Å². The van der Waals surface area contributed by atoms with Crippen LogP contribution in [0.1, 0.15) is 18.7 Å². The molecular formula is C12H20N2O2S3. The summed E-state index contributed by atoms with van der Waals surface area (Å²) in [6.45, 7) is 6.10. The first-order valence-electron chi connectivity index (χ1n) is 6.32. The fraction of sp³-hybridized carbons (Fsp3) is 0.667. The van der Waals surface area contributed by atoms with Crippen molar-refractivity contribution in [2.45, 2.75) is 35.1 Å². The van der Waals surface area contributed by atoms with E-state index in [0.29, 0.717) is 34.3 Å². The van der Waals surface area contributed by atoms with Gasteiger partial charge in [-0.05, 0) is 19.2 Å². The quantitative estimate of drug-likeness (QED) is 0.922. The number of hydrogen-bond acceptors (Lipinski definition) is 5. The highest BCUT2D eigenvalue weighted by Crippen LogP contribution is 2.31. The highest BCUT2D eigenvalue weighted by atomic mass is 32.2. The zero-order valence-corrected chi connectivity index (χ0v) is 13.9. The highest BCUT2D eigenvalue weighted by Gasteiger charge is 2.32. The van der Waals surface area contributed by atoms with Crippen LogP contribution in [0, 0.1) is 0 Å². The van der Waals surface area contributed by atoms with E-state index in [9.17, 15) is 8.42 Å². The highest BCUT2D eigenvalue weighted by molar-refractivity contribution is 8.00. The van der Waals surface area contributed by atoms with Crippen molar-refractivity contribution in [3.05, 3.63) is 17.0 Å². The van der Waals surface area contributed by atoms with Crippen molar-refractivity contribution < 1.29 is 8.42 Å². The van der Waals surface area contributed by atoms with Gasteiger partial charge in [-0.2, -0.15) is 16.1 Å². The molecule has 19 heavy (non-hydrogen) atoms. The lowest BCUT2D eigenvalue weighted by Crippen LogP contribution is -2.43. The van der Waals surface area contributed by atoms with Crippen molar-refractivity contribution >= 4 is 33.1 Å². The lowest BCUT2D eigenvalue weighted by molar-refractivity contribution is 0.406. The van der Waals surface area contributed by atoms with Gasteiger partial charge in [0.2, 0.25) is 0 Å². The molecule has 0 aromatic carbocycles. The number of thioether (sulfide) groups is 1. The number of nitrogens with zero attached hydrogens (tertiary/aromatic N) is 1. The van der Waals surface area contributed by atoms with E-state index in [2.05, 4.69) is 19.2 Å². The molecule has 0 bridgehead atoms. The zero-order chi connectivity index (χ0) is 14.0. The van der Waals surface area contributed by atoms with Crippen molar-refractivity contribution in [2.24, 2.45) is 0 Å². The fourth-order valence-corrected chi connectivity index (χ4v) is 6.87. The smallest absolute Gasteiger partial charge is 0.252 e. The Morgan fingerprint density at radius 3 is 2.53 bits per heavy atom. The Bertz CT molecular complexity index is 517. The molecule has 2 rings (SSSR count). The van der Waals surface area contributed by atoms with Crippen molar-refractivity contribution in [1.82, 2.24) is 9.62 Å². The summed E-state index contributed by atoms with van der Waals surface area (Å²) in [4.78, 5) is 1.05. The second-order valence-electron chi connectivity index (χ2n) is 4.83. The van der Waals surface area contributed by atoms with E-state index in [-0.39, 0.29) is 0 Å². The van der Waals surface area contributed by atoms with E-state index in [1.54, 1.807) is 10.4 Å². The first-order chi connectivity index (χ1) is 8.93. The summed E-state index contributed by atoms with van der Waals surface area (Å²) in [7, 11) is -1.45. The number of sulfonamides is 1. The molecule has 2 unspecified atom stereocenters. The molecule has 4 nitrogen and oxygen atoms in total. The van der Waals surface area contributed by atoms with Gasteiger partial charge in [-0.15, -0.1) is 11.3 Å². The second-order valence-corrected chi connectivity index (χ2v) is 10.0. The lowest BCUT2D eigenvalue weighted by Gasteiger charge is -2.33. The summed E-state index contributed by atoms with van der Waals surface area (Å²) in [5, 5.41) is 3.75. The fourth-order valence-electron chi connectivity index (χ4n) is 2.22. The molecule has 1 N–H and O–H groups in total. The molecule has 0 radical (unpaired) electrons. The lowest BCUT2D eigenvalue weighted by atomic mass is 10.4. The first-order valence-corrected chi connectivity index (χ1v) is 9.52. The van der Waals surface area contributed by atoms with Gasteiger partial charge in [-0.3, -0.25) is 0 Å². The SMILES string of the molecule is CNCc1ccc(S(=O)(=O)N2CC(C)SC(C)C2)s1. The largest absolute Gasteiger partial charge is 0.315 e. The Morgan fingerprint density at radius 2 is 1.95 bits per heavy atom. The molecule has 1 aromatic rings. The van der Waals surface area contributed by atoms with Crippen LogP contribution in [0.3, 0.4) is 0 Å². The Labute approximate surface area is 123 Å². The normalized spacial score (nSPS) is 25.6. The third-order valence-corrected chi connectivity index (χ3v) is 7.58. The molecule has 2 atom stereocenters. The average molecular weight is 321 g/mol. The van der Waals surface area contributed by atoms with Gasteiger partial charge >= 0.3 is 0 Å². The Balaban J connectivity index is 2.20. The molecule has 2 heterocycles. The molecule has 108 valence electrons. The third kappa shape index (κ3) is 3.52. The third-order valence-electron chi connectivity index (χ3n) is 2.97. The standard InChI is InChI=1S/C12H20N2O2S3/c1-9-7-14(8-10(2)17-9)19(15,16)12-5-4-11(18-12)6-13-3/h4-5,9-10,13H,6-8H2,1-3H3. The van der Waals surface area contributed by atoms with Crippen LogP contribution in [-0.2, 0) is 16.6 Å². The van der Waals surface area contributed by atoms with E-state index < -0.39 is 10.0 Å². The average Bonchev–Trinajstić information content (AvgIpc) is 2.77. The van der Waals surface area contributed by atoms with E-state index in [4.69, 9.17) is 0 Å². The summed E-state index contributed by atoms with van der Waals surface area (Å²) >= 11 is 3.22. The summed E-state index contributed by atoms with van der Waals surface area (Å²) in [5.41, 5.74) is 0. The Morgan fingerprint density at radius 1 is 1.32 bits per heavy atom. The van der Waals surface area contributed by atoms with Gasteiger partial charge in [-0.1, -0.05) is 13.8 Å². The Kier molecular flexibility index (Phi) is 4.94. The zero-order valence-electron chi connectivity index (χ0n) is 11.4. The molecule has 1 aliphatic rings. The van der Waals surface area contributed by atoms with Crippen LogP contribution in [-0.4, -0.2) is 43.4 Å². The van der Waals surface area contributed by atoms with Crippen molar-refractivity contribution in [2.75, 3.05) is 20.1 Å². The minimum absolute atomic E-state index is 0.357. The van der Waals surface area contributed by atoms with Crippen molar-refractivity contribution in [3.63, 3.8) is 0 Å². The molecule has 0 saturated carbocycles. The maximum Gasteiger partial charge on any atom is 0.252 e. The van der Waals surface area contributed by atoms with Crippen molar-refractivity contribution in [1.29, 1.82) is 0 Å². The van der Waals surface area contributed by atoms with Crippen LogP contribution in [0.2, 0.25) is 0 Å². The predicted octanol–water partition coefficient (Wildman–Crippen LogP) is 1.98. The molecule has 0 aliphatic carbocycles. The van der Waals surface area contributed by atoms with Crippen LogP contribution in [0.15, 0.2) is 16.3 Å². The monoisotopic (exact) mass is 320 g/mol. The minimum atomic E-state index is -3.31. The van der Waals surface area contributed by atoms with Gasteiger partial charge in [0.05, 0.1) is 0 Å². The first kappa shape index (κ1) is 15.3. The van der Waals surface area contributed by atoms with Gasteiger partial charge in [-0.25, -0.2) is 8.42 Å². The van der Waals surface area contributed by atoms with Crippen LogP contribution >= 0.6 is 23.1 Å². The molecular weight excluding hydrogens is 300 g/mol. The van der Waals surface area contributed by atoms with Crippen LogP contribution in [0.4, 0.5) is 0 Å². The van der Waals surface area contributed by atoms with Crippen LogP contribution < -0.4 is 5.32 Å². The molecule has 1 saturated heterocycles. The minimum Gasteiger partial charge on any atom is -0.315 e. The van der Waals surface area contributed by atoms with E-state index in [1.165, 1.54) is 11.3 Å². The van der Waals surface area contributed by atoms with Gasteiger partial charge in [0, 0.05) is 35.0 Å². The summed E-state index contributed by atoms with van der Waals surface area (Å²) in [5.74, 6) is 0. The summed E-state index contributed by atoms with van der Waals surface area (Å²) in [6.07, 6.45) is 0. The number of nitrogens with one attached hydrogen (secondary N) is 1. The van der Waals surface area contributed by atoms with Gasteiger partial charge < -0.3 is 5.32 Å². The number of hydrogen-bond donors (Lipinski definition) is 1. The topological polar surface area (TPSA) is 49.4 Å². The van der Waals surface area contributed by atoms with E-state index in [0.717, 1.165) is 4.88 Å². The molecule has 7 heteroatoms. The maximum atomic E-state index is 12.6. The predicted molar refractivity (Wildman–Crippen MR) is 82.4 cm³/mol. The molecule has 0 spiro atoms. The maximum absolute atomic E-state index is 12.6. The van der Waals surface area contributed by atoms with Gasteiger partial charge in [0.1, 0.15) is 4.21 Å². The molecule has 1 aliphatic heterocycles. The number of thiophene rings is 1. The van der Waals surface area contributed by atoms with Crippen LogP contribution in [0.25, 0.3) is 0 Å². The molecule has 0 amide bonds. The van der Waals surface area contributed by atoms with Crippen LogP contribution in [0.5, 0.6) is 0 Å². The summed E-state index contributed by atoms with van der Waals surface area (Å²) in [6, 6.07) is 3.61. The van der Waals surface area contributed by atoms with E-state index in [1.807, 2.05) is 24.9 Å². The van der Waals surface area contributed by atoms with Gasteiger partial charge in [0.25, 0.3) is 10.0 Å².